The third kappa shape index (κ3) is 2.67. The van der Waals surface area contributed by atoms with Crippen LogP contribution in [0.3, 0.4) is 0 Å². The number of nitrogens with one attached hydrogen (secondary N) is 1. The van der Waals surface area contributed by atoms with E-state index in [-0.39, 0.29) is 0 Å². The number of nitrogens with zero attached hydrogens (tertiary/aromatic N) is 3. The van der Waals surface area contributed by atoms with Gasteiger partial charge >= 0.3 is 0 Å². The maximum absolute atomic E-state index is 4.36. The first-order valence-corrected chi connectivity index (χ1v) is 8.13. The Morgan fingerprint density at radius 1 is 1.20 bits per heavy atom. The van der Waals surface area contributed by atoms with Gasteiger partial charge < -0.3 is 10.2 Å². The van der Waals surface area contributed by atoms with E-state index in [1.165, 1.54) is 4.88 Å². The number of likely N-dealkylation sites (N-methyl/N-ethyl adjacent to an activating group) is 1. The Hall–Kier alpha value is -1.50. The molecule has 0 amide bonds. The van der Waals surface area contributed by atoms with E-state index in [4.69, 9.17) is 0 Å². The molecule has 3 aromatic rings. The molecule has 20 heavy (non-hydrogen) atoms. The fourth-order valence-electron chi connectivity index (χ4n) is 2.13. The van der Waals surface area contributed by atoms with E-state index in [1.807, 2.05) is 11.4 Å². The Labute approximate surface area is 126 Å². The summed E-state index contributed by atoms with van der Waals surface area (Å²) < 4.78 is 1.12. The van der Waals surface area contributed by atoms with Crippen LogP contribution in [0.25, 0.3) is 10.2 Å². The molecule has 0 aromatic carbocycles. The van der Waals surface area contributed by atoms with Crippen molar-refractivity contribution in [2.45, 2.75) is 6.04 Å². The molecule has 0 aliphatic rings. The van der Waals surface area contributed by atoms with Crippen molar-refractivity contribution in [1.29, 1.82) is 0 Å². The van der Waals surface area contributed by atoms with Gasteiger partial charge in [0, 0.05) is 11.4 Å². The van der Waals surface area contributed by atoms with Crippen molar-refractivity contribution in [1.82, 2.24) is 14.9 Å². The topological polar surface area (TPSA) is 41.0 Å². The molecule has 1 unspecified atom stereocenters. The lowest BCUT2D eigenvalue weighted by atomic mass is 10.2. The highest BCUT2D eigenvalue weighted by atomic mass is 32.1. The highest BCUT2D eigenvalue weighted by Gasteiger charge is 2.15. The maximum atomic E-state index is 4.36. The smallest absolute Gasteiger partial charge is 0.147 e. The van der Waals surface area contributed by atoms with Gasteiger partial charge in [0.05, 0.1) is 16.3 Å². The summed E-state index contributed by atoms with van der Waals surface area (Å²) in [7, 11) is 4.21. The number of hydrogen-bond donors (Lipinski definition) is 1. The van der Waals surface area contributed by atoms with Gasteiger partial charge in [-0.2, -0.15) is 0 Å². The predicted molar refractivity (Wildman–Crippen MR) is 86.7 cm³/mol. The van der Waals surface area contributed by atoms with Gasteiger partial charge in [-0.1, -0.05) is 6.07 Å². The van der Waals surface area contributed by atoms with E-state index in [0.29, 0.717) is 6.04 Å². The van der Waals surface area contributed by atoms with E-state index < -0.39 is 0 Å². The molecule has 3 aromatic heterocycles. The van der Waals surface area contributed by atoms with Gasteiger partial charge in [-0.05, 0) is 37.0 Å². The summed E-state index contributed by atoms with van der Waals surface area (Å²) in [5.74, 6) is 0.924. The number of thiophene rings is 2. The first-order valence-electron chi connectivity index (χ1n) is 6.37. The van der Waals surface area contributed by atoms with E-state index in [1.54, 1.807) is 29.0 Å². The van der Waals surface area contributed by atoms with Gasteiger partial charge in [-0.25, -0.2) is 9.97 Å². The number of fused-ring (bicyclic) bond motifs is 1. The minimum atomic E-state index is 0.347. The molecule has 1 N–H and O–H groups in total. The molecule has 0 bridgehead atoms. The van der Waals surface area contributed by atoms with Crippen molar-refractivity contribution in [3.05, 3.63) is 40.2 Å². The average Bonchev–Trinajstić information content (AvgIpc) is 3.09. The largest absolute Gasteiger partial charge is 0.367 e. The molecule has 0 spiro atoms. The Bertz CT molecular complexity index is 675. The summed E-state index contributed by atoms with van der Waals surface area (Å²) >= 11 is 3.46. The molecule has 0 radical (unpaired) electrons. The van der Waals surface area contributed by atoms with Crippen LogP contribution in [0.1, 0.15) is 10.9 Å². The summed E-state index contributed by atoms with van der Waals surface area (Å²) in [6.07, 6.45) is 1.62. The standard InChI is InChI=1S/C14H16N4S2/c1-18(2)11(12-4-3-6-19-12)8-15-14-13-10(5-7-20-13)16-9-17-14/h3-7,9,11H,8H2,1-2H3,(H,15,16,17). The fourth-order valence-corrected chi connectivity index (χ4v) is 3.86. The molecule has 4 nitrogen and oxygen atoms in total. The minimum Gasteiger partial charge on any atom is -0.367 e. The molecule has 6 heteroatoms. The molecule has 3 heterocycles. The molecular formula is C14H16N4S2. The molecule has 104 valence electrons. The second kappa shape index (κ2) is 5.87. The van der Waals surface area contributed by atoms with Gasteiger partial charge in [0.15, 0.2) is 0 Å². The van der Waals surface area contributed by atoms with E-state index in [9.17, 15) is 0 Å². The van der Waals surface area contributed by atoms with Crippen LogP contribution in [-0.4, -0.2) is 35.5 Å². The number of anilines is 1. The molecular weight excluding hydrogens is 288 g/mol. The van der Waals surface area contributed by atoms with Crippen molar-refractivity contribution < 1.29 is 0 Å². The Morgan fingerprint density at radius 2 is 2.10 bits per heavy atom. The Kier molecular flexibility index (Phi) is 3.95. The zero-order valence-electron chi connectivity index (χ0n) is 11.4. The summed E-state index contributed by atoms with van der Waals surface area (Å²) in [5, 5.41) is 7.64. The van der Waals surface area contributed by atoms with Crippen LogP contribution in [0, 0.1) is 0 Å². The van der Waals surface area contributed by atoms with E-state index in [0.717, 1.165) is 22.6 Å². The third-order valence-electron chi connectivity index (χ3n) is 3.20. The van der Waals surface area contributed by atoms with Crippen molar-refractivity contribution in [3.8, 4) is 0 Å². The summed E-state index contributed by atoms with van der Waals surface area (Å²) in [4.78, 5) is 12.2. The Balaban J connectivity index is 1.79. The van der Waals surface area contributed by atoms with Gasteiger partial charge in [0.2, 0.25) is 0 Å². The van der Waals surface area contributed by atoms with E-state index >= 15 is 0 Å². The van der Waals surface area contributed by atoms with Gasteiger partial charge in [0.25, 0.3) is 0 Å². The quantitative estimate of drug-likeness (QED) is 0.783. The monoisotopic (exact) mass is 304 g/mol. The maximum Gasteiger partial charge on any atom is 0.147 e. The van der Waals surface area contributed by atoms with Crippen LogP contribution in [0.2, 0.25) is 0 Å². The first-order chi connectivity index (χ1) is 9.75. The van der Waals surface area contributed by atoms with Crippen molar-refractivity contribution in [2.24, 2.45) is 0 Å². The van der Waals surface area contributed by atoms with Crippen LogP contribution in [0.4, 0.5) is 5.82 Å². The van der Waals surface area contributed by atoms with Crippen LogP contribution in [-0.2, 0) is 0 Å². The summed E-state index contributed by atoms with van der Waals surface area (Å²) in [5.41, 5.74) is 1.00. The van der Waals surface area contributed by atoms with Crippen LogP contribution in [0.15, 0.2) is 35.3 Å². The zero-order valence-corrected chi connectivity index (χ0v) is 13.0. The minimum absolute atomic E-state index is 0.347. The summed E-state index contributed by atoms with van der Waals surface area (Å²) in [6.45, 7) is 0.831. The third-order valence-corrected chi connectivity index (χ3v) is 5.08. The number of rotatable bonds is 5. The molecule has 0 fully saturated rings. The molecule has 0 aliphatic carbocycles. The van der Waals surface area contributed by atoms with Crippen molar-refractivity contribution in [2.75, 3.05) is 26.0 Å². The SMILES string of the molecule is CN(C)C(CNc1ncnc2ccsc12)c1cccs1. The lowest BCUT2D eigenvalue weighted by Gasteiger charge is -2.23. The van der Waals surface area contributed by atoms with Crippen LogP contribution in [0.5, 0.6) is 0 Å². The number of aromatic nitrogens is 2. The molecule has 0 saturated heterocycles. The molecule has 1 atom stereocenters. The van der Waals surface area contributed by atoms with Crippen molar-refractivity contribution >= 4 is 38.7 Å². The first kappa shape index (κ1) is 13.5. The Morgan fingerprint density at radius 3 is 2.85 bits per heavy atom. The predicted octanol–water partition coefficient (Wildman–Crippen LogP) is 3.47. The lowest BCUT2D eigenvalue weighted by molar-refractivity contribution is 0.316. The van der Waals surface area contributed by atoms with Gasteiger partial charge in [-0.3, -0.25) is 0 Å². The highest BCUT2D eigenvalue weighted by Crippen LogP contribution is 2.27. The average molecular weight is 304 g/mol. The fraction of sp³-hybridized carbons (Fsp3) is 0.286. The molecule has 0 saturated carbocycles. The number of hydrogen-bond acceptors (Lipinski definition) is 6. The van der Waals surface area contributed by atoms with E-state index in [2.05, 4.69) is 51.8 Å². The van der Waals surface area contributed by atoms with Crippen molar-refractivity contribution in [3.63, 3.8) is 0 Å². The van der Waals surface area contributed by atoms with Gasteiger partial charge in [-0.15, -0.1) is 22.7 Å². The van der Waals surface area contributed by atoms with Crippen LogP contribution >= 0.6 is 22.7 Å². The molecule has 0 aliphatic heterocycles. The normalized spacial score (nSPS) is 12.9. The summed E-state index contributed by atoms with van der Waals surface area (Å²) in [6, 6.07) is 6.64. The lowest BCUT2D eigenvalue weighted by Crippen LogP contribution is -2.26. The second-order valence-electron chi connectivity index (χ2n) is 4.73. The van der Waals surface area contributed by atoms with Gasteiger partial charge in [0.1, 0.15) is 12.1 Å². The second-order valence-corrected chi connectivity index (χ2v) is 6.63. The molecule has 3 rings (SSSR count). The van der Waals surface area contributed by atoms with Crippen LogP contribution < -0.4 is 5.32 Å². The highest BCUT2D eigenvalue weighted by molar-refractivity contribution is 7.17. The zero-order chi connectivity index (χ0) is 13.9.